The van der Waals surface area contributed by atoms with Crippen molar-refractivity contribution in [3.05, 3.63) is 71.2 Å². The van der Waals surface area contributed by atoms with Crippen molar-refractivity contribution in [2.24, 2.45) is 23.7 Å². The van der Waals surface area contributed by atoms with E-state index in [9.17, 15) is 4.79 Å². The Bertz CT molecular complexity index is 1210. The van der Waals surface area contributed by atoms with E-state index in [4.69, 9.17) is 9.47 Å². The van der Waals surface area contributed by atoms with Gasteiger partial charge in [0.2, 0.25) is 0 Å². The summed E-state index contributed by atoms with van der Waals surface area (Å²) in [4.78, 5) is 17.2. The fourth-order valence-electron chi connectivity index (χ4n) is 7.51. The smallest absolute Gasteiger partial charge is 0.332 e. The topological polar surface area (TPSA) is 35.5 Å². The molecule has 6 unspecified atom stereocenters. The van der Waals surface area contributed by atoms with E-state index in [1.54, 1.807) is 0 Å². The van der Waals surface area contributed by atoms with Gasteiger partial charge in [-0.15, -0.1) is 0 Å². The zero-order valence-corrected chi connectivity index (χ0v) is 23.5. The Morgan fingerprint density at radius 2 is 1.68 bits per heavy atom. The third kappa shape index (κ3) is 4.61. The Morgan fingerprint density at radius 1 is 1.00 bits per heavy atom. The molecule has 0 aromatic heterocycles. The molecule has 3 nitrogen and oxygen atoms in total. The van der Waals surface area contributed by atoms with E-state index in [0.717, 1.165) is 18.3 Å². The summed E-state index contributed by atoms with van der Waals surface area (Å²) >= 11 is 0. The summed E-state index contributed by atoms with van der Waals surface area (Å²) in [5.74, 6) is 2.02. The summed E-state index contributed by atoms with van der Waals surface area (Å²) in [6.07, 6.45) is 10.5. The molecule has 2 aromatic rings. The van der Waals surface area contributed by atoms with Crippen LogP contribution in [0.3, 0.4) is 0 Å². The summed E-state index contributed by atoms with van der Waals surface area (Å²) in [6.45, 7) is 8.88. The number of fused-ring (bicyclic) bond motifs is 5. The fraction of sp³-hybridized carbons (Fsp3) is 0.485. The molecule has 6 rings (SSSR count). The number of carbonyl (C=O) groups excluding carboxylic acids is 1. The van der Waals surface area contributed by atoms with E-state index in [2.05, 4.69) is 88.4 Å². The van der Waals surface area contributed by atoms with Gasteiger partial charge in [-0.2, -0.15) is 10.9 Å². The second kappa shape index (κ2) is 9.78. The first-order chi connectivity index (χ1) is 17.8. The lowest BCUT2D eigenvalue weighted by Gasteiger charge is -2.48. The van der Waals surface area contributed by atoms with Gasteiger partial charge >= 0.3 is 5.97 Å². The standard InChI is InChI=1S/C33H40O3S/c1-21-15-24-13-14-33(4,25(16-21)19-24)36-31(34)20-35-32-22(2)17-26(18-23(32)3)37-29-11-7-5-9-27(29)28-10-6-8-12-30(28)37/h5-12,17-18,21-22,24-25,32,37H,13-16,19-20H2,1-4H3. The predicted molar refractivity (Wildman–Crippen MR) is 152 cm³/mol. The third-order valence-electron chi connectivity index (χ3n) is 9.25. The molecule has 2 bridgehead atoms. The summed E-state index contributed by atoms with van der Waals surface area (Å²) in [5, 5.41) is 0. The minimum absolute atomic E-state index is 0.0189. The predicted octanol–water partition coefficient (Wildman–Crippen LogP) is 8.10. The summed E-state index contributed by atoms with van der Waals surface area (Å²) in [7, 11) is -0.579. The molecule has 4 heteroatoms. The summed E-state index contributed by atoms with van der Waals surface area (Å²) in [6, 6.07) is 17.7. The van der Waals surface area contributed by atoms with Crippen molar-refractivity contribution < 1.29 is 14.3 Å². The van der Waals surface area contributed by atoms with Gasteiger partial charge in [-0.05, 0) is 104 Å². The Morgan fingerprint density at radius 3 is 2.35 bits per heavy atom. The zero-order valence-electron chi connectivity index (χ0n) is 22.6. The van der Waals surface area contributed by atoms with Crippen LogP contribution in [0.2, 0.25) is 0 Å². The zero-order chi connectivity index (χ0) is 25.7. The quantitative estimate of drug-likeness (QED) is 0.322. The van der Waals surface area contributed by atoms with Crippen molar-refractivity contribution >= 4 is 16.9 Å². The molecule has 6 atom stereocenters. The Kier molecular flexibility index (Phi) is 6.61. The van der Waals surface area contributed by atoms with Gasteiger partial charge < -0.3 is 9.47 Å². The van der Waals surface area contributed by atoms with Crippen molar-refractivity contribution in [1.29, 1.82) is 0 Å². The first-order valence-corrected chi connectivity index (χ1v) is 15.4. The van der Waals surface area contributed by atoms with Gasteiger partial charge in [0.25, 0.3) is 0 Å². The average Bonchev–Trinajstić information content (AvgIpc) is 3.20. The lowest BCUT2D eigenvalue weighted by atomic mass is 9.62. The lowest BCUT2D eigenvalue weighted by molar-refractivity contribution is -0.180. The number of ether oxygens (including phenoxy) is 2. The number of esters is 1. The van der Waals surface area contributed by atoms with Gasteiger partial charge in [-0.1, -0.05) is 56.3 Å². The molecule has 1 aliphatic heterocycles. The molecule has 4 aliphatic rings. The van der Waals surface area contributed by atoms with E-state index in [1.807, 2.05) is 0 Å². The normalized spacial score (nSPS) is 33.2. The van der Waals surface area contributed by atoms with Gasteiger partial charge in [-0.25, -0.2) is 4.79 Å². The van der Waals surface area contributed by atoms with Crippen LogP contribution in [-0.4, -0.2) is 24.3 Å². The van der Waals surface area contributed by atoms with Gasteiger partial charge in [0.05, 0.1) is 6.10 Å². The second-order valence-electron chi connectivity index (χ2n) is 12.1. The van der Waals surface area contributed by atoms with Crippen LogP contribution in [0.4, 0.5) is 0 Å². The Hall–Kier alpha value is -2.30. The van der Waals surface area contributed by atoms with Crippen LogP contribution in [0.15, 0.2) is 81.0 Å². The first kappa shape index (κ1) is 25.0. The van der Waals surface area contributed by atoms with Crippen LogP contribution in [-0.2, 0) is 14.3 Å². The molecule has 0 spiro atoms. The highest BCUT2D eigenvalue weighted by molar-refractivity contribution is 8.21. The van der Waals surface area contributed by atoms with Crippen molar-refractivity contribution in [2.45, 2.75) is 81.3 Å². The molecular weight excluding hydrogens is 476 g/mol. The largest absolute Gasteiger partial charge is 0.457 e. The average molecular weight is 517 g/mol. The molecule has 2 saturated carbocycles. The van der Waals surface area contributed by atoms with E-state index >= 15 is 0 Å². The lowest BCUT2D eigenvalue weighted by Crippen LogP contribution is -2.48. The molecule has 3 aliphatic carbocycles. The molecule has 0 amide bonds. The molecule has 0 radical (unpaired) electrons. The number of carbonyl (C=O) groups is 1. The van der Waals surface area contributed by atoms with E-state index in [1.165, 1.54) is 57.1 Å². The number of rotatable bonds is 5. The first-order valence-electron chi connectivity index (χ1n) is 14.0. The summed E-state index contributed by atoms with van der Waals surface area (Å²) < 4.78 is 12.4. The molecule has 0 saturated heterocycles. The number of hydrogen-bond donors (Lipinski definition) is 1. The van der Waals surface area contributed by atoms with Crippen LogP contribution in [0.1, 0.15) is 59.8 Å². The highest BCUT2D eigenvalue weighted by Crippen LogP contribution is 2.63. The molecule has 0 N–H and O–H groups in total. The van der Waals surface area contributed by atoms with Crippen LogP contribution in [0, 0.1) is 23.7 Å². The maximum absolute atomic E-state index is 13.0. The highest BCUT2D eigenvalue weighted by atomic mass is 32.2. The van der Waals surface area contributed by atoms with Crippen LogP contribution in [0.5, 0.6) is 0 Å². The monoisotopic (exact) mass is 516 g/mol. The highest BCUT2D eigenvalue weighted by Gasteiger charge is 2.46. The number of benzene rings is 2. The molecule has 2 aromatic carbocycles. The minimum Gasteiger partial charge on any atom is -0.457 e. The maximum atomic E-state index is 13.0. The third-order valence-corrected chi connectivity index (χ3v) is 11.8. The molecular formula is C33H40O3S. The minimum atomic E-state index is -0.579. The van der Waals surface area contributed by atoms with Crippen LogP contribution >= 0.6 is 10.9 Å². The molecule has 196 valence electrons. The van der Waals surface area contributed by atoms with Gasteiger partial charge in [0.15, 0.2) is 0 Å². The fourth-order valence-corrected chi connectivity index (χ4v) is 10.4. The maximum Gasteiger partial charge on any atom is 0.332 e. The second-order valence-corrected chi connectivity index (χ2v) is 14.3. The van der Waals surface area contributed by atoms with E-state index in [0.29, 0.717) is 5.92 Å². The van der Waals surface area contributed by atoms with Crippen molar-refractivity contribution in [3.63, 3.8) is 0 Å². The van der Waals surface area contributed by atoms with Crippen molar-refractivity contribution in [3.8, 4) is 11.1 Å². The molecule has 2 fully saturated rings. The number of hydrogen-bond acceptors (Lipinski definition) is 3. The van der Waals surface area contributed by atoms with E-state index < -0.39 is 10.9 Å². The Balaban J connectivity index is 1.14. The number of thiol groups is 1. The molecule has 37 heavy (non-hydrogen) atoms. The number of allylic oxidation sites excluding steroid dienone is 1. The Labute approximate surface area is 224 Å². The van der Waals surface area contributed by atoms with Crippen LogP contribution in [0.25, 0.3) is 11.1 Å². The molecule has 1 heterocycles. The van der Waals surface area contributed by atoms with Gasteiger partial charge in [-0.3, -0.25) is 0 Å². The van der Waals surface area contributed by atoms with Gasteiger partial charge in [0, 0.05) is 15.7 Å². The van der Waals surface area contributed by atoms with Crippen molar-refractivity contribution in [1.82, 2.24) is 0 Å². The van der Waals surface area contributed by atoms with Gasteiger partial charge in [0.1, 0.15) is 12.2 Å². The van der Waals surface area contributed by atoms with E-state index in [-0.39, 0.29) is 30.2 Å². The summed E-state index contributed by atoms with van der Waals surface area (Å²) in [5.41, 5.74) is 3.57. The SMILES string of the molecule is CC1=CC([SH]2c3ccccc3-c3ccccc32)=CC(C)C1OCC(=O)OC1(C)CCC2CC(C)CC1C2. The van der Waals surface area contributed by atoms with Crippen LogP contribution < -0.4 is 0 Å². The van der Waals surface area contributed by atoms with Crippen molar-refractivity contribution in [2.75, 3.05) is 6.61 Å².